The van der Waals surface area contributed by atoms with Gasteiger partial charge in [0.25, 0.3) is 0 Å². The number of thiophene rings is 1. The van der Waals surface area contributed by atoms with Crippen LogP contribution in [0.4, 0.5) is 0 Å². The van der Waals surface area contributed by atoms with Crippen molar-refractivity contribution in [2.24, 2.45) is 0 Å². The SMILES string of the molecule is Cc1ccc(C(=O)CS(=O)c2ccc(C(C)C)cc2)s1. The summed E-state index contributed by atoms with van der Waals surface area (Å²) in [5.74, 6) is 0.462. The third kappa shape index (κ3) is 3.64. The highest BCUT2D eigenvalue weighted by atomic mass is 32.2. The first-order valence-corrected chi connectivity index (χ1v) is 8.69. The van der Waals surface area contributed by atoms with E-state index in [2.05, 4.69) is 13.8 Å². The Kier molecular flexibility index (Phi) is 4.89. The van der Waals surface area contributed by atoms with Crippen LogP contribution >= 0.6 is 11.3 Å². The van der Waals surface area contributed by atoms with Crippen molar-refractivity contribution < 1.29 is 9.00 Å². The van der Waals surface area contributed by atoms with Crippen molar-refractivity contribution in [2.75, 3.05) is 5.75 Å². The van der Waals surface area contributed by atoms with Crippen molar-refractivity contribution in [3.05, 3.63) is 51.7 Å². The van der Waals surface area contributed by atoms with Gasteiger partial charge in [0.2, 0.25) is 0 Å². The van der Waals surface area contributed by atoms with E-state index >= 15 is 0 Å². The number of hydrogen-bond acceptors (Lipinski definition) is 3. The molecule has 0 saturated carbocycles. The Labute approximate surface area is 126 Å². The summed E-state index contributed by atoms with van der Waals surface area (Å²) in [6.07, 6.45) is 0. The Morgan fingerprint density at radius 1 is 1.15 bits per heavy atom. The minimum atomic E-state index is -1.27. The Hall–Kier alpha value is -1.26. The van der Waals surface area contributed by atoms with E-state index in [1.54, 1.807) is 6.07 Å². The van der Waals surface area contributed by atoms with Crippen LogP contribution in [-0.4, -0.2) is 15.7 Å². The van der Waals surface area contributed by atoms with Gasteiger partial charge in [0.05, 0.1) is 21.4 Å². The van der Waals surface area contributed by atoms with Gasteiger partial charge in [-0.15, -0.1) is 11.3 Å². The van der Waals surface area contributed by atoms with Crippen LogP contribution in [0.1, 0.15) is 39.9 Å². The second-order valence-electron chi connectivity index (χ2n) is 5.05. The number of hydrogen-bond donors (Lipinski definition) is 0. The van der Waals surface area contributed by atoms with Crippen LogP contribution in [0.5, 0.6) is 0 Å². The summed E-state index contributed by atoms with van der Waals surface area (Å²) in [5.41, 5.74) is 1.21. The Balaban J connectivity index is 2.06. The fourth-order valence-electron chi connectivity index (χ4n) is 1.86. The molecule has 1 aromatic heterocycles. The third-order valence-electron chi connectivity index (χ3n) is 3.09. The maximum absolute atomic E-state index is 12.2. The van der Waals surface area contributed by atoms with Gasteiger partial charge in [-0.05, 0) is 42.7 Å². The Morgan fingerprint density at radius 3 is 2.30 bits per heavy atom. The highest BCUT2D eigenvalue weighted by molar-refractivity contribution is 7.85. The number of carbonyl (C=O) groups excluding carboxylic acids is 1. The zero-order valence-electron chi connectivity index (χ0n) is 11.9. The average molecular weight is 306 g/mol. The summed E-state index contributed by atoms with van der Waals surface area (Å²) in [6, 6.07) is 11.4. The molecule has 0 amide bonds. The van der Waals surface area contributed by atoms with E-state index in [1.165, 1.54) is 16.9 Å². The molecule has 106 valence electrons. The lowest BCUT2D eigenvalue weighted by Crippen LogP contribution is -2.09. The van der Waals surface area contributed by atoms with Crippen molar-refractivity contribution in [1.29, 1.82) is 0 Å². The monoisotopic (exact) mass is 306 g/mol. The van der Waals surface area contributed by atoms with Crippen molar-refractivity contribution in [3.63, 3.8) is 0 Å². The van der Waals surface area contributed by atoms with Crippen LogP contribution in [0.25, 0.3) is 0 Å². The molecule has 0 N–H and O–H groups in total. The number of carbonyl (C=O) groups is 1. The van der Waals surface area contributed by atoms with Gasteiger partial charge in [-0.1, -0.05) is 26.0 Å². The maximum atomic E-state index is 12.2. The number of ketones is 1. The largest absolute Gasteiger partial charge is 0.292 e. The van der Waals surface area contributed by atoms with E-state index in [0.717, 1.165) is 9.77 Å². The van der Waals surface area contributed by atoms with E-state index in [0.29, 0.717) is 10.8 Å². The van der Waals surface area contributed by atoms with Gasteiger partial charge in [-0.25, -0.2) is 0 Å². The molecular formula is C16H18O2S2. The summed E-state index contributed by atoms with van der Waals surface area (Å²) in [6.45, 7) is 6.20. The van der Waals surface area contributed by atoms with Crippen LogP contribution in [0.15, 0.2) is 41.3 Å². The molecule has 0 aliphatic carbocycles. The van der Waals surface area contributed by atoms with E-state index in [4.69, 9.17) is 0 Å². The molecule has 0 bridgehead atoms. The number of aryl methyl sites for hydroxylation is 1. The molecule has 1 unspecified atom stereocenters. The fourth-order valence-corrected chi connectivity index (χ4v) is 3.76. The van der Waals surface area contributed by atoms with Gasteiger partial charge in [0.15, 0.2) is 5.78 Å². The number of Topliss-reactive ketones (excluding diaryl/α,β-unsaturated/α-hetero) is 1. The molecule has 0 saturated heterocycles. The topological polar surface area (TPSA) is 34.1 Å². The molecule has 2 nitrogen and oxygen atoms in total. The molecule has 20 heavy (non-hydrogen) atoms. The molecule has 4 heteroatoms. The molecule has 0 spiro atoms. The molecule has 2 aromatic rings. The second-order valence-corrected chi connectivity index (χ2v) is 7.79. The van der Waals surface area contributed by atoms with E-state index in [-0.39, 0.29) is 11.5 Å². The van der Waals surface area contributed by atoms with Crippen LogP contribution in [-0.2, 0) is 10.8 Å². The van der Waals surface area contributed by atoms with Crippen LogP contribution in [0, 0.1) is 6.92 Å². The Bertz CT molecular complexity index is 624. The first kappa shape index (κ1) is 15.1. The minimum Gasteiger partial charge on any atom is -0.292 e. The van der Waals surface area contributed by atoms with Gasteiger partial charge >= 0.3 is 0 Å². The Morgan fingerprint density at radius 2 is 1.80 bits per heavy atom. The molecule has 1 heterocycles. The van der Waals surface area contributed by atoms with Crippen molar-refractivity contribution in [2.45, 2.75) is 31.6 Å². The van der Waals surface area contributed by atoms with Gasteiger partial charge in [-0.3, -0.25) is 9.00 Å². The predicted octanol–water partition coefficient (Wildman–Crippen LogP) is 4.17. The quantitative estimate of drug-likeness (QED) is 0.777. The van der Waals surface area contributed by atoms with E-state index in [9.17, 15) is 9.00 Å². The summed E-state index contributed by atoms with van der Waals surface area (Å²) >= 11 is 1.46. The van der Waals surface area contributed by atoms with E-state index < -0.39 is 10.8 Å². The van der Waals surface area contributed by atoms with Crippen LogP contribution in [0.3, 0.4) is 0 Å². The van der Waals surface area contributed by atoms with Crippen LogP contribution in [0.2, 0.25) is 0 Å². The lowest BCUT2D eigenvalue weighted by atomic mass is 10.0. The number of rotatable bonds is 5. The summed E-state index contributed by atoms with van der Waals surface area (Å²) < 4.78 is 12.2. The average Bonchev–Trinajstić information content (AvgIpc) is 2.85. The zero-order chi connectivity index (χ0) is 14.7. The number of benzene rings is 1. The molecule has 0 radical (unpaired) electrons. The molecule has 0 aliphatic rings. The fraction of sp³-hybridized carbons (Fsp3) is 0.312. The van der Waals surface area contributed by atoms with Gasteiger partial charge in [0.1, 0.15) is 0 Å². The normalized spacial score (nSPS) is 12.6. The lowest BCUT2D eigenvalue weighted by molar-refractivity contribution is 0.102. The third-order valence-corrected chi connectivity index (χ3v) is 5.45. The molecule has 1 atom stereocenters. The highest BCUT2D eigenvalue weighted by Crippen LogP contribution is 2.19. The lowest BCUT2D eigenvalue weighted by Gasteiger charge is -2.06. The standard InChI is InChI=1S/C16H18O2S2/c1-11(2)13-5-7-14(8-6-13)20(18)10-15(17)16-9-4-12(3)19-16/h4-9,11H,10H2,1-3H3. The summed E-state index contributed by atoms with van der Waals surface area (Å²) in [7, 11) is -1.27. The van der Waals surface area contributed by atoms with Crippen molar-refractivity contribution >= 4 is 27.9 Å². The first-order valence-electron chi connectivity index (χ1n) is 6.55. The molecule has 0 fully saturated rings. The smallest absolute Gasteiger partial charge is 0.185 e. The molecule has 2 rings (SSSR count). The maximum Gasteiger partial charge on any atom is 0.185 e. The second kappa shape index (κ2) is 6.46. The van der Waals surface area contributed by atoms with Gasteiger partial charge in [0, 0.05) is 9.77 Å². The van der Waals surface area contributed by atoms with Gasteiger partial charge in [-0.2, -0.15) is 0 Å². The molecular weight excluding hydrogens is 288 g/mol. The van der Waals surface area contributed by atoms with Crippen molar-refractivity contribution in [1.82, 2.24) is 0 Å². The minimum absolute atomic E-state index is 0.0469. The first-order chi connectivity index (χ1) is 9.47. The zero-order valence-corrected chi connectivity index (χ0v) is 13.5. The molecule has 0 aliphatic heterocycles. The van der Waals surface area contributed by atoms with Crippen LogP contribution < -0.4 is 0 Å². The molecule has 1 aromatic carbocycles. The predicted molar refractivity (Wildman–Crippen MR) is 85.2 cm³/mol. The van der Waals surface area contributed by atoms with E-state index in [1.807, 2.05) is 37.3 Å². The highest BCUT2D eigenvalue weighted by Gasteiger charge is 2.14. The summed E-state index contributed by atoms with van der Waals surface area (Å²) in [4.78, 5) is 14.5. The summed E-state index contributed by atoms with van der Waals surface area (Å²) in [5, 5.41) is 0. The van der Waals surface area contributed by atoms with Crippen molar-refractivity contribution in [3.8, 4) is 0 Å². The van der Waals surface area contributed by atoms with Gasteiger partial charge < -0.3 is 0 Å².